The van der Waals surface area contributed by atoms with Gasteiger partial charge in [-0.05, 0) is 35.9 Å². The molecule has 0 bridgehead atoms. The zero-order chi connectivity index (χ0) is 10.0. The lowest BCUT2D eigenvalue weighted by Gasteiger charge is -1.98. The molecule has 0 aliphatic rings. The molecule has 1 aromatic rings. The summed E-state index contributed by atoms with van der Waals surface area (Å²) in [7, 11) is 0. The second-order valence-corrected chi connectivity index (χ2v) is 3.66. The Labute approximate surface area is 90.1 Å². The third-order valence-corrected chi connectivity index (χ3v) is 2.93. The van der Waals surface area contributed by atoms with E-state index in [0.29, 0.717) is 12.2 Å². The standard InChI is InChI=1S/C8H11IN2O2/c1-3-5-6(9)7(8(12)13)11(4-2)10-5/h3-4H2,1-2H3,(H,12,13). The predicted molar refractivity (Wildman–Crippen MR) is 57.0 cm³/mol. The number of hydrogen-bond acceptors (Lipinski definition) is 2. The van der Waals surface area contributed by atoms with Crippen LogP contribution in [0.2, 0.25) is 0 Å². The Morgan fingerprint density at radius 3 is 2.54 bits per heavy atom. The fraction of sp³-hybridized carbons (Fsp3) is 0.500. The lowest BCUT2D eigenvalue weighted by atomic mass is 10.3. The van der Waals surface area contributed by atoms with Gasteiger partial charge in [-0.3, -0.25) is 4.68 Å². The average Bonchev–Trinajstić information content (AvgIpc) is 2.41. The summed E-state index contributed by atoms with van der Waals surface area (Å²) >= 11 is 2.04. The Morgan fingerprint density at radius 2 is 2.23 bits per heavy atom. The number of halogens is 1. The first-order valence-electron chi connectivity index (χ1n) is 4.10. The van der Waals surface area contributed by atoms with Crippen molar-refractivity contribution in [2.45, 2.75) is 26.8 Å². The molecule has 0 aliphatic heterocycles. The first-order chi connectivity index (χ1) is 6.11. The van der Waals surface area contributed by atoms with Crippen LogP contribution < -0.4 is 0 Å². The van der Waals surface area contributed by atoms with E-state index in [4.69, 9.17) is 5.11 Å². The summed E-state index contributed by atoms with van der Waals surface area (Å²) in [6.07, 6.45) is 0.769. The fourth-order valence-electron chi connectivity index (χ4n) is 1.15. The highest BCUT2D eigenvalue weighted by Gasteiger charge is 2.18. The largest absolute Gasteiger partial charge is 0.476 e. The van der Waals surface area contributed by atoms with Crippen LogP contribution in [-0.4, -0.2) is 20.9 Å². The molecule has 0 saturated heterocycles. The number of carboxylic acid groups (broad SMARTS) is 1. The predicted octanol–water partition coefficient (Wildman–Crippen LogP) is 1.77. The van der Waals surface area contributed by atoms with Gasteiger partial charge < -0.3 is 5.11 Å². The molecule has 5 heteroatoms. The second-order valence-electron chi connectivity index (χ2n) is 2.58. The van der Waals surface area contributed by atoms with Gasteiger partial charge in [0.05, 0.1) is 9.26 Å². The van der Waals surface area contributed by atoms with E-state index in [1.807, 2.05) is 36.4 Å². The van der Waals surface area contributed by atoms with E-state index in [9.17, 15) is 4.79 Å². The smallest absolute Gasteiger partial charge is 0.355 e. The van der Waals surface area contributed by atoms with Gasteiger partial charge in [0.15, 0.2) is 5.69 Å². The van der Waals surface area contributed by atoms with Crippen molar-refractivity contribution in [3.63, 3.8) is 0 Å². The first-order valence-corrected chi connectivity index (χ1v) is 5.18. The third-order valence-electron chi connectivity index (χ3n) is 1.80. The van der Waals surface area contributed by atoms with E-state index >= 15 is 0 Å². The zero-order valence-corrected chi connectivity index (χ0v) is 9.70. The van der Waals surface area contributed by atoms with Crippen LogP contribution in [0.1, 0.15) is 30.0 Å². The normalized spacial score (nSPS) is 10.4. The molecule has 1 N–H and O–H groups in total. The molecule has 1 aromatic heterocycles. The number of aromatic carboxylic acids is 1. The van der Waals surface area contributed by atoms with Gasteiger partial charge in [-0.25, -0.2) is 4.79 Å². The van der Waals surface area contributed by atoms with E-state index < -0.39 is 5.97 Å². The number of carboxylic acids is 1. The topological polar surface area (TPSA) is 55.1 Å². The first kappa shape index (κ1) is 10.5. The van der Waals surface area contributed by atoms with Crippen molar-refractivity contribution in [1.29, 1.82) is 0 Å². The average molecular weight is 294 g/mol. The number of rotatable bonds is 3. The highest BCUT2D eigenvalue weighted by Crippen LogP contribution is 2.17. The van der Waals surface area contributed by atoms with Crippen LogP contribution in [0.3, 0.4) is 0 Å². The van der Waals surface area contributed by atoms with Crippen molar-refractivity contribution in [2.24, 2.45) is 0 Å². The zero-order valence-electron chi connectivity index (χ0n) is 7.54. The van der Waals surface area contributed by atoms with Crippen molar-refractivity contribution >= 4 is 28.6 Å². The summed E-state index contributed by atoms with van der Waals surface area (Å²) in [6.45, 7) is 4.45. The Kier molecular flexibility index (Phi) is 3.29. The van der Waals surface area contributed by atoms with Crippen LogP contribution >= 0.6 is 22.6 Å². The molecule has 13 heavy (non-hydrogen) atoms. The second kappa shape index (κ2) is 4.08. The monoisotopic (exact) mass is 294 g/mol. The van der Waals surface area contributed by atoms with Crippen LogP contribution in [0.15, 0.2) is 0 Å². The molecular formula is C8H11IN2O2. The van der Waals surface area contributed by atoms with Crippen LogP contribution in [0.5, 0.6) is 0 Å². The third kappa shape index (κ3) is 1.84. The number of nitrogens with zero attached hydrogens (tertiary/aromatic N) is 2. The summed E-state index contributed by atoms with van der Waals surface area (Å²) < 4.78 is 2.29. The Hall–Kier alpha value is -0.590. The molecule has 1 rings (SSSR count). The van der Waals surface area contributed by atoms with Gasteiger partial charge >= 0.3 is 5.97 Å². The number of aromatic nitrogens is 2. The van der Waals surface area contributed by atoms with Crippen LogP contribution in [0.4, 0.5) is 0 Å². The van der Waals surface area contributed by atoms with Gasteiger partial charge in [-0.2, -0.15) is 5.10 Å². The molecule has 0 saturated carbocycles. The lowest BCUT2D eigenvalue weighted by Crippen LogP contribution is -2.09. The van der Waals surface area contributed by atoms with Crippen molar-refractivity contribution in [1.82, 2.24) is 9.78 Å². The Bertz CT molecular complexity index is 333. The molecule has 0 unspecified atom stereocenters. The SMILES string of the molecule is CCc1nn(CC)c(C(=O)O)c1I. The van der Waals surface area contributed by atoms with Gasteiger partial charge in [-0.15, -0.1) is 0 Å². The summed E-state index contributed by atoms with van der Waals surface area (Å²) in [5, 5.41) is 13.1. The molecule has 0 fully saturated rings. The maximum absolute atomic E-state index is 10.9. The van der Waals surface area contributed by atoms with Crippen LogP contribution in [-0.2, 0) is 13.0 Å². The van der Waals surface area contributed by atoms with Crippen molar-refractivity contribution in [2.75, 3.05) is 0 Å². The number of carbonyl (C=O) groups is 1. The van der Waals surface area contributed by atoms with E-state index in [-0.39, 0.29) is 0 Å². The van der Waals surface area contributed by atoms with Gasteiger partial charge in [-0.1, -0.05) is 6.92 Å². The molecule has 0 radical (unpaired) electrons. The van der Waals surface area contributed by atoms with Gasteiger partial charge in [0, 0.05) is 6.54 Å². The fourth-order valence-corrected chi connectivity index (χ4v) is 2.15. The highest BCUT2D eigenvalue weighted by molar-refractivity contribution is 14.1. The Morgan fingerprint density at radius 1 is 1.62 bits per heavy atom. The summed E-state index contributed by atoms with van der Waals surface area (Å²) in [5.74, 6) is -0.904. The minimum atomic E-state index is -0.904. The summed E-state index contributed by atoms with van der Waals surface area (Å²) in [6, 6.07) is 0. The minimum absolute atomic E-state index is 0.306. The van der Waals surface area contributed by atoms with E-state index in [1.165, 1.54) is 4.68 Å². The highest BCUT2D eigenvalue weighted by atomic mass is 127. The number of aryl methyl sites for hydroxylation is 2. The molecule has 72 valence electrons. The van der Waals surface area contributed by atoms with Gasteiger partial charge in [0.2, 0.25) is 0 Å². The van der Waals surface area contributed by atoms with E-state index in [1.54, 1.807) is 0 Å². The molecule has 0 atom stereocenters. The lowest BCUT2D eigenvalue weighted by molar-refractivity contribution is 0.0682. The minimum Gasteiger partial charge on any atom is -0.476 e. The van der Waals surface area contributed by atoms with Crippen LogP contribution in [0.25, 0.3) is 0 Å². The number of hydrogen-bond donors (Lipinski definition) is 1. The van der Waals surface area contributed by atoms with Crippen molar-refractivity contribution in [3.05, 3.63) is 15.0 Å². The van der Waals surface area contributed by atoms with Gasteiger partial charge in [0.25, 0.3) is 0 Å². The molecule has 0 amide bonds. The summed E-state index contributed by atoms with van der Waals surface area (Å²) in [5.41, 5.74) is 1.17. The Balaban J connectivity index is 3.28. The molecule has 1 heterocycles. The quantitative estimate of drug-likeness (QED) is 0.864. The molecule has 0 aromatic carbocycles. The molecule has 0 spiro atoms. The summed E-state index contributed by atoms with van der Waals surface area (Å²) in [4.78, 5) is 10.9. The maximum atomic E-state index is 10.9. The van der Waals surface area contributed by atoms with E-state index in [2.05, 4.69) is 5.10 Å². The maximum Gasteiger partial charge on any atom is 0.355 e. The van der Waals surface area contributed by atoms with Crippen molar-refractivity contribution in [3.8, 4) is 0 Å². The molecule has 4 nitrogen and oxygen atoms in total. The molecule has 0 aliphatic carbocycles. The van der Waals surface area contributed by atoms with Gasteiger partial charge in [0.1, 0.15) is 0 Å². The van der Waals surface area contributed by atoms with Crippen molar-refractivity contribution < 1.29 is 9.90 Å². The van der Waals surface area contributed by atoms with Crippen LogP contribution in [0, 0.1) is 3.57 Å². The van der Waals surface area contributed by atoms with E-state index in [0.717, 1.165) is 15.7 Å². The molecular weight excluding hydrogens is 283 g/mol.